The summed E-state index contributed by atoms with van der Waals surface area (Å²) in [6.07, 6.45) is 4.21. The van der Waals surface area contributed by atoms with E-state index < -0.39 is 24.0 Å². The number of benzene rings is 2. The number of aromatic nitrogens is 5. The molecular formula is C41H44Cl2N8O8. The second kappa shape index (κ2) is 17.9. The van der Waals surface area contributed by atoms with Crippen molar-refractivity contribution in [1.29, 1.82) is 0 Å². The summed E-state index contributed by atoms with van der Waals surface area (Å²) in [5, 5.41) is 29.4. The van der Waals surface area contributed by atoms with Crippen LogP contribution in [0.4, 0.5) is 0 Å². The summed E-state index contributed by atoms with van der Waals surface area (Å²) in [6, 6.07) is 12.8. The van der Waals surface area contributed by atoms with Crippen LogP contribution in [0.1, 0.15) is 23.1 Å². The number of hydrogen-bond acceptors (Lipinski definition) is 11. The summed E-state index contributed by atoms with van der Waals surface area (Å²) in [5.41, 5.74) is 5.20. The van der Waals surface area contributed by atoms with Crippen molar-refractivity contribution in [3.8, 4) is 33.6 Å². The molecule has 0 aliphatic carbocycles. The third kappa shape index (κ3) is 8.69. The average Bonchev–Trinajstić information content (AvgIpc) is 3.84. The molecule has 0 saturated carbocycles. The zero-order valence-electron chi connectivity index (χ0n) is 32.8. The molecule has 2 N–H and O–H groups in total. The number of morpholine rings is 2. The number of carboxylic acid groups (broad SMARTS) is 2. The van der Waals surface area contributed by atoms with Crippen LogP contribution >= 0.6 is 23.2 Å². The molecule has 2 aromatic carbocycles. The van der Waals surface area contributed by atoms with Crippen molar-refractivity contribution in [2.75, 3.05) is 66.2 Å². The fourth-order valence-corrected chi connectivity index (χ4v) is 8.09. The Balaban J connectivity index is 1.13. The number of likely N-dealkylation sites (N-methyl/N-ethyl adjacent to an activating group) is 1. The average molecular weight is 848 g/mol. The maximum Gasteiger partial charge on any atom is 0.323 e. The van der Waals surface area contributed by atoms with Crippen molar-refractivity contribution >= 4 is 53.1 Å². The molecular weight excluding hydrogens is 803 g/mol. The number of halogens is 2. The highest BCUT2D eigenvalue weighted by atomic mass is 35.5. The molecule has 16 nitrogen and oxygen atoms in total. The molecule has 2 aliphatic heterocycles. The van der Waals surface area contributed by atoms with Gasteiger partial charge in [-0.05, 0) is 26.0 Å². The van der Waals surface area contributed by atoms with E-state index in [-0.39, 0.29) is 18.8 Å². The first kappa shape index (κ1) is 41.8. The summed E-state index contributed by atoms with van der Waals surface area (Å²) in [5.74, 6) is -1.87. The fourth-order valence-electron chi connectivity index (χ4n) is 7.44. The van der Waals surface area contributed by atoms with Gasteiger partial charge in [0.15, 0.2) is 6.29 Å². The number of hydrogen-bond donors (Lipinski definition) is 2. The Morgan fingerprint density at radius 3 is 2.00 bits per heavy atom. The van der Waals surface area contributed by atoms with Crippen molar-refractivity contribution < 1.29 is 34.1 Å². The zero-order chi connectivity index (χ0) is 42.0. The van der Waals surface area contributed by atoms with Gasteiger partial charge < -0.3 is 29.2 Å². The van der Waals surface area contributed by atoms with Gasteiger partial charge >= 0.3 is 11.9 Å². The van der Waals surface area contributed by atoms with Crippen molar-refractivity contribution in [2.24, 2.45) is 0 Å². The lowest BCUT2D eigenvalue weighted by molar-refractivity contribution is -0.150. The van der Waals surface area contributed by atoms with Gasteiger partial charge in [0.25, 0.3) is 5.56 Å². The molecule has 5 heterocycles. The second-order valence-corrected chi connectivity index (χ2v) is 15.3. The van der Waals surface area contributed by atoms with Gasteiger partial charge in [-0.3, -0.25) is 29.0 Å². The van der Waals surface area contributed by atoms with Crippen LogP contribution in [-0.4, -0.2) is 145 Å². The quantitative estimate of drug-likeness (QED) is 0.150. The van der Waals surface area contributed by atoms with Crippen LogP contribution in [0.3, 0.4) is 0 Å². The molecule has 2 fully saturated rings. The highest BCUT2D eigenvalue weighted by Crippen LogP contribution is 2.42. The molecule has 0 amide bonds. The highest BCUT2D eigenvalue weighted by Gasteiger charge is 2.30. The lowest BCUT2D eigenvalue weighted by Crippen LogP contribution is -2.51. The molecule has 2 saturated heterocycles. The Bertz CT molecular complexity index is 2500. The van der Waals surface area contributed by atoms with Crippen molar-refractivity contribution in [2.45, 2.75) is 32.5 Å². The Morgan fingerprint density at radius 2 is 1.42 bits per heavy atom. The molecule has 18 heteroatoms. The first-order chi connectivity index (χ1) is 28.4. The van der Waals surface area contributed by atoms with Gasteiger partial charge in [-0.1, -0.05) is 59.6 Å². The Morgan fingerprint density at radius 1 is 0.864 bits per heavy atom. The maximum absolute atomic E-state index is 13.8. The van der Waals surface area contributed by atoms with Gasteiger partial charge in [0.05, 0.1) is 47.9 Å². The number of aliphatic carboxylic acids is 2. The normalized spacial score (nSPS) is 18.0. The number of ether oxygens (including phenoxy) is 2. The number of aryl methyl sites for hydroxylation is 1. The van der Waals surface area contributed by atoms with Crippen LogP contribution in [0.15, 0.2) is 65.2 Å². The van der Waals surface area contributed by atoms with E-state index >= 15 is 0 Å². The molecule has 2 unspecified atom stereocenters. The number of fused-ring (bicyclic) bond motifs is 1. The maximum atomic E-state index is 13.8. The number of carbonyl (C=O) groups is 3. The first-order valence-electron chi connectivity index (χ1n) is 19.1. The smallest absolute Gasteiger partial charge is 0.323 e. The number of aldehydes is 1. The van der Waals surface area contributed by atoms with Crippen LogP contribution in [0.25, 0.3) is 45.4 Å². The fraction of sp³-hybridized carbons (Fsp3) is 0.366. The van der Waals surface area contributed by atoms with Gasteiger partial charge in [-0.25, -0.2) is 9.20 Å². The Kier molecular flexibility index (Phi) is 12.7. The van der Waals surface area contributed by atoms with Gasteiger partial charge in [-0.2, -0.15) is 10.2 Å². The molecule has 5 aromatic rings. The summed E-state index contributed by atoms with van der Waals surface area (Å²) in [7, 11) is 1.89. The summed E-state index contributed by atoms with van der Waals surface area (Å²) >= 11 is 14.2. The molecule has 0 radical (unpaired) electrons. The number of nitrogens with zero attached hydrogens (tertiary/aromatic N) is 8. The molecule has 2 atom stereocenters. The molecule has 59 heavy (non-hydrogen) atoms. The number of allylic oxidation sites excluding steroid dienone is 1. The van der Waals surface area contributed by atoms with Gasteiger partial charge in [0.1, 0.15) is 23.3 Å². The molecule has 3 aromatic heterocycles. The Labute approximate surface area is 349 Å². The minimum absolute atomic E-state index is 0.0994. The third-order valence-corrected chi connectivity index (χ3v) is 11.8. The van der Waals surface area contributed by atoms with Crippen LogP contribution in [-0.2, 0) is 25.6 Å². The number of rotatable bonds is 14. The number of carbonyl (C=O) groups excluding carboxylic acids is 1. The summed E-state index contributed by atoms with van der Waals surface area (Å²) in [6.45, 7) is 7.55. The third-order valence-electron chi connectivity index (χ3n) is 11.0. The predicted molar refractivity (Wildman–Crippen MR) is 222 cm³/mol. The van der Waals surface area contributed by atoms with Crippen molar-refractivity contribution in [1.82, 2.24) is 38.7 Å². The van der Waals surface area contributed by atoms with E-state index in [1.165, 1.54) is 9.20 Å². The van der Waals surface area contributed by atoms with E-state index in [4.69, 9.17) is 42.9 Å². The van der Waals surface area contributed by atoms with Gasteiger partial charge in [0, 0.05) is 92.4 Å². The van der Waals surface area contributed by atoms with Crippen LogP contribution in [0, 0.1) is 6.92 Å². The topological polar surface area (TPSA) is 177 Å². The van der Waals surface area contributed by atoms with Gasteiger partial charge in [0.2, 0.25) is 0 Å². The number of carboxylic acids is 2. The zero-order valence-corrected chi connectivity index (χ0v) is 34.3. The van der Waals surface area contributed by atoms with Crippen LogP contribution in [0.2, 0.25) is 10.0 Å². The van der Waals surface area contributed by atoms with Crippen molar-refractivity contribution in [3.05, 3.63) is 92.2 Å². The van der Waals surface area contributed by atoms with E-state index in [1.54, 1.807) is 29.1 Å². The summed E-state index contributed by atoms with van der Waals surface area (Å²) < 4.78 is 15.4. The van der Waals surface area contributed by atoms with E-state index in [9.17, 15) is 29.4 Å². The minimum Gasteiger partial charge on any atom is -0.480 e. The molecule has 0 spiro atoms. The van der Waals surface area contributed by atoms with Crippen LogP contribution < -0.4 is 5.56 Å². The molecule has 310 valence electrons. The molecule has 7 rings (SSSR count). The lowest BCUT2D eigenvalue weighted by atomic mass is 9.98. The Hall–Kier alpha value is -5.36. The van der Waals surface area contributed by atoms with E-state index in [0.717, 1.165) is 5.70 Å². The molecule has 0 bridgehead atoms. The van der Waals surface area contributed by atoms with E-state index in [2.05, 4.69) is 0 Å². The SMILES string of the molecule is C/C(=C/n1nc(-c2cccc(-c3cccc(-c4cc5c(=O)n(CCN6CCOCC6C(=O)O)c(C)cn5n4)c3Cl)c2Cl)cc1C=O)N(C)CCN1CCOCC1C(=O)O. The van der Waals surface area contributed by atoms with E-state index in [0.29, 0.717) is 119 Å². The molecule has 2 aliphatic rings. The standard InChI is InChI=1S/C41H44Cl2N8O8/c1-25(46(3)10-11-47-14-16-58-23-35(47)40(54)55)20-50-27(22-52)18-32(44-50)30-8-4-6-28(37(30)42)29-7-5-9-31(38(29)43)33-19-34-39(53)49(26(2)21-51(34)45-33)13-12-48-15-17-59-24-36(48)41(56)57/h4-9,18-22,35-36H,10-17,23-24H2,1-3H3,(H,54,55)(H,56,57)/b25-20-. The van der Waals surface area contributed by atoms with Gasteiger partial charge in [-0.15, -0.1) is 0 Å². The van der Waals surface area contributed by atoms with Crippen molar-refractivity contribution in [3.63, 3.8) is 0 Å². The second-order valence-electron chi connectivity index (χ2n) is 14.6. The monoisotopic (exact) mass is 846 g/mol. The first-order valence-corrected chi connectivity index (χ1v) is 19.8. The van der Waals surface area contributed by atoms with E-state index in [1.807, 2.05) is 72.0 Å². The minimum atomic E-state index is -0.959. The lowest BCUT2D eigenvalue weighted by Gasteiger charge is -2.34. The van der Waals surface area contributed by atoms with Crippen LogP contribution in [0.5, 0.6) is 0 Å². The summed E-state index contributed by atoms with van der Waals surface area (Å²) in [4.78, 5) is 55.1. The highest BCUT2D eigenvalue weighted by molar-refractivity contribution is 6.39. The largest absolute Gasteiger partial charge is 0.480 e. The predicted octanol–water partition coefficient (Wildman–Crippen LogP) is 4.44.